The summed E-state index contributed by atoms with van der Waals surface area (Å²) < 4.78 is 25.3. The molecule has 1 atom stereocenters. The van der Waals surface area contributed by atoms with E-state index in [1.165, 1.54) is 24.3 Å². The number of aliphatic hydroxyl groups excluding tert-OH is 1. The topological polar surface area (TPSA) is 86.6 Å². The number of nitrogens with one attached hydrogen (secondary N) is 1. The van der Waals surface area contributed by atoms with Gasteiger partial charge in [-0.1, -0.05) is 48.0 Å². The number of rotatable bonds is 8. The van der Waals surface area contributed by atoms with Gasteiger partial charge in [0.15, 0.2) is 0 Å². The first-order chi connectivity index (χ1) is 13.9. The lowest BCUT2D eigenvalue weighted by Crippen LogP contribution is -2.23. The predicted molar refractivity (Wildman–Crippen MR) is 113 cm³/mol. The Kier molecular flexibility index (Phi) is 6.92. The summed E-state index contributed by atoms with van der Waals surface area (Å²) in [7, 11) is -3.77. The van der Waals surface area contributed by atoms with Gasteiger partial charge >= 0.3 is 0 Å². The van der Waals surface area contributed by atoms with Crippen LogP contribution in [0.4, 0.5) is 0 Å². The van der Waals surface area contributed by atoms with Crippen LogP contribution >= 0.6 is 11.6 Å². The Morgan fingerprint density at radius 3 is 2.38 bits per heavy atom. The highest BCUT2D eigenvalue weighted by atomic mass is 35.5. The van der Waals surface area contributed by atoms with E-state index in [2.05, 4.69) is 5.32 Å². The molecule has 3 aromatic rings. The van der Waals surface area contributed by atoms with E-state index in [0.29, 0.717) is 24.5 Å². The summed E-state index contributed by atoms with van der Waals surface area (Å²) in [6.45, 7) is 1.02. The van der Waals surface area contributed by atoms with Crippen molar-refractivity contribution in [1.82, 2.24) is 5.32 Å². The first-order valence-electron chi connectivity index (χ1n) is 9.14. The highest BCUT2D eigenvalue weighted by molar-refractivity contribution is 7.91. The molecule has 0 bridgehead atoms. The number of hydrogen-bond donors (Lipinski definition) is 3. The van der Waals surface area contributed by atoms with Crippen molar-refractivity contribution in [2.45, 2.75) is 22.3 Å². The van der Waals surface area contributed by atoms with E-state index in [1.807, 2.05) is 6.07 Å². The Hall–Kier alpha value is -2.38. The van der Waals surface area contributed by atoms with Crippen LogP contribution in [0.2, 0.25) is 5.02 Å². The molecule has 0 aromatic heterocycles. The molecule has 0 aliphatic rings. The molecule has 0 spiro atoms. The van der Waals surface area contributed by atoms with Gasteiger partial charge in [0.05, 0.1) is 11.0 Å². The van der Waals surface area contributed by atoms with Crippen molar-refractivity contribution in [3.63, 3.8) is 0 Å². The molecule has 0 saturated carbocycles. The molecule has 7 heteroatoms. The molecule has 0 unspecified atom stereocenters. The van der Waals surface area contributed by atoms with Crippen LogP contribution in [0.1, 0.15) is 17.2 Å². The SMILES string of the molecule is O=S(=O)(c1ccc(CCNC[C@@H](O)c2cccc(Cl)c2)cc1)c1ccccc1O. The second-order valence-electron chi connectivity index (χ2n) is 6.64. The Labute approximate surface area is 175 Å². The number of aliphatic hydroxyl groups is 1. The van der Waals surface area contributed by atoms with Crippen molar-refractivity contribution < 1.29 is 18.6 Å². The first kappa shape index (κ1) is 21.3. The molecule has 0 radical (unpaired) electrons. The van der Waals surface area contributed by atoms with E-state index < -0.39 is 15.9 Å². The Morgan fingerprint density at radius 2 is 1.69 bits per heavy atom. The summed E-state index contributed by atoms with van der Waals surface area (Å²) in [5, 5.41) is 23.8. The van der Waals surface area contributed by atoms with Crippen LogP contribution in [0, 0.1) is 0 Å². The van der Waals surface area contributed by atoms with Gasteiger partial charge < -0.3 is 15.5 Å². The number of phenolic OH excluding ortho intramolecular Hbond substituents is 1. The van der Waals surface area contributed by atoms with E-state index >= 15 is 0 Å². The summed E-state index contributed by atoms with van der Waals surface area (Å²) in [6, 6.07) is 19.6. The lowest BCUT2D eigenvalue weighted by molar-refractivity contribution is 0.175. The number of sulfone groups is 1. The van der Waals surface area contributed by atoms with Crippen LogP contribution in [0.25, 0.3) is 0 Å². The standard InChI is InChI=1S/C22H22ClNO4S/c23-18-5-3-4-17(14-18)21(26)15-24-13-12-16-8-10-19(11-9-16)29(27,28)22-7-2-1-6-20(22)25/h1-11,14,21,24-26H,12-13,15H2/t21-/m1/s1. The van der Waals surface area contributed by atoms with Gasteiger partial charge in [-0.3, -0.25) is 0 Å². The molecule has 3 rings (SSSR count). The number of hydrogen-bond acceptors (Lipinski definition) is 5. The van der Waals surface area contributed by atoms with Crippen LogP contribution in [0.15, 0.2) is 82.6 Å². The Bertz CT molecular complexity index is 1070. The largest absolute Gasteiger partial charge is 0.507 e. The molecule has 0 fully saturated rings. The number of para-hydroxylation sites is 1. The highest BCUT2D eigenvalue weighted by Crippen LogP contribution is 2.28. The second-order valence-corrected chi connectivity index (χ2v) is 8.99. The molecule has 3 N–H and O–H groups in total. The molecular weight excluding hydrogens is 410 g/mol. The van der Waals surface area contributed by atoms with Gasteiger partial charge in [0.2, 0.25) is 9.84 Å². The average Bonchev–Trinajstić information content (AvgIpc) is 2.71. The van der Waals surface area contributed by atoms with Crippen LogP contribution in [0.5, 0.6) is 5.75 Å². The lowest BCUT2D eigenvalue weighted by Gasteiger charge is -2.13. The Balaban J connectivity index is 1.55. The highest BCUT2D eigenvalue weighted by Gasteiger charge is 2.20. The monoisotopic (exact) mass is 431 g/mol. The molecule has 5 nitrogen and oxygen atoms in total. The van der Waals surface area contributed by atoms with Crippen molar-refractivity contribution in [1.29, 1.82) is 0 Å². The summed E-state index contributed by atoms with van der Waals surface area (Å²) in [5.41, 5.74) is 1.72. The number of benzene rings is 3. The van der Waals surface area contributed by atoms with E-state index in [4.69, 9.17) is 11.6 Å². The van der Waals surface area contributed by atoms with Crippen molar-refractivity contribution >= 4 is 21.4 Å². The third-order valence-electron chi connectivity index (χ3n) is 4.55. The van der Waals surface area contributed by atoms with Crippen molar-refractivity contribution in [3.05, 3.63) is 88.9 Å². The van der Waals surface area contributed by atoms with Crippen molar-refractivity contribution in [3.8, 4) is 5.75 Å². The predicted octanol–water partition coefficient (Wildman–Crippen LogP) is 3.74. The van der Waals surface area contributed by atoms with Gasteiger partial charge in [0.25, 0.3) is 0 Å². The molecule has 0 heterocycles. The zero-order chi connectivity index (χ0) is 20.9. The maximum absolute atomic E-state index is 12.7. The van der Waals surface area contributed by atoms with Crippen LogP contribution < -0.4 is 5.32 Å². The maximum atomic E-state index is 12.7. The van der Waals surface area contributed by atoms with Gasteiger partial charge in [-0.2, -0.15) is 0 Å². The molecule has 3 aromatic carbocycles. The molecular formula is C22H22ClNO4S. The van der Waals surface area contributed by atoms with Crippen LogP contribution in [0.3, 0.4) is 0 Å². The van der Waals surface area contributed by atoms with Crippen LogP contribution in [-0.2, 0) is 16.3 Å². The molecule has 0 amide bonds. The minimum absolute atomic E-state index is 0.107. The van der Waals surface area contributed by atoms with Crippen LogP contribution in [-0.4, -0.2) is 31.7 Å². The first-order valence-corrected chi connectivity index (χ1v) is 11.0. The zero-order valence-corrected chi connectivity index (χ0v) is 17.2. The van der Waals surface area contributed by atoms with E-state index in [0.717, 1.165) is 11.1 Å². The van der Waals surface area contributed by atoms with Gasteiger partial charge in [0.1, 0.15) is 10.6 Å². The molecule has 152 valence electrons. The Morgan fingerprint density at radius 1 is 0.966 bits per heavy atom. The molecule has 0 saturated heterocycles. The second kappa shape index (κ2) is 9.41. The third-order valence-corrected chi connectivity index (χ3v) is 6.60. The fraction of sp³-hybridized carbons (Fsp3) is 0.182. The van der Waals surface area contributed by atoms with Gasteiger partial charge in [-0.15, -0.1) is 0 Å². The van der Waals surface area contributed by atoms with E-state index in [1.54, 1.807) is 42.5 Å². The maximum Gasteiger partial charge on any atom is 0.210 e. The van der Waals surface area contributed by atoms with Crippen molar-refractivity contribution in [2.24, 2.45) is 0 Å². The zero-order valence-electron chi connectivity index (χ0n) is 15.6. The minimum atomic E-state index is -3.77. The fourth-order valence-electron chi connectivity index (χ4n) is 2.95. The summed E-state index contributed by atoms with van der Waals surface area (Å²) in [6.07, 6.45) is 0.0268. The smallest absolute Gasteiger partial charge is 0.210 e. The van der Waals surface area contributed by atoms with Gasteiger partial charge in [0, 0.05) is 11.6 Å². The van der Waals surface area contributed by atoms with E-state index in [9.17, 15) is 18.6 Å². The lowest BCUT2D eigenvalue weighted by atomic mass is 10.1. The van der Waals surface area contributed by atoms with Crippen molar-refractivity contribution in [2.75, 3.05) is 13.1 Å². The van der Waals surface area contributed by atoms with Gasteiger partial charge in [-0.25, -0.2) is 8.42 Å². The summed E-state index contributed by atoms with van der Waals surface area (Å²) >= 11 is 5.93. The third kappa shape index (κ3) is 5.36. The number of halogens is 1. The summed E-state index contributed by atoms with van der Waals surface area (Å²) in [4.78, 5) is 0.0245. The van der Waals surface area contributed by atoms with E-state index in [-0.39, 0.29) is 15.5 Å². The quantitative estimate of drug-likeness (QED) is 0.473. The fourth-order valence-corrected chi connectivity index (χ4v) is 4.50. The normalized spacial score (nSPS) is 12.6. The van der Waals surface area contributed by atoms with Gasteiger partial charge in [-0.05, 0) is 60.5 Å². The average molecular weight is 432 g/mol. The number of phenols is 1. The summed E-state index contributed by atoms with van der Waals surface area (Å²) in [5.74, 6) is -0.265. The molecule has 29 heavy (non-hydrogen) atoms. The molecule has 0 aliphatic carbocycles. The minimum Gasteiger partial charge on any atom is -0.507 e. The number of aromatic hydroxyl groups is 1. The molecule has 0 aliphatic heterocycles.